The molecule has 0 bridgehead atoms. The monoisotopic (exact) mass is 409 g/mol. The molecule has 2 atom stereocenters. The number of ether oxygens (including phenoxy) is 1. The molecule has 1 amide bonds. The first-order valence-corrected chi connectivity index (χ1v) is 11.4. The van der Waals surface area contributed by atoms with Gasteiger partial charge in [-0.1, -0.05) is 19.3 Å². The summed E-state index contributed by atoms with van der Waals surface area (Å²) in [5.41, 5.74) is 0.457. The molecule has 1 N–H and O–H groups in total. The first-order chi connectivity index (χ1) is 13.3. The Hall–Kier alpha value is -1.64. The molecule has 2 aliphatic rings. The molecule has 1 aromatic rings. The maximum atomic E-state index is 12.5. The number of hydrogen-bond donors (Lipinski definition) is 1. The zero-order valence-electron chi connectivity index (χ0n) is 17.0. The van der Waals surface area contributed by atoms with Crippen molar-refractivity contribution in [3.05, 3.63) is 18.2 Å². The number of carbonyl (C=O) groups is 1. The summed E-state index contributed by atoms with van der Waals surface area (Å²) in [7, 11) is 0.690. The number of likely N-dealkylation sites (tertiary alicyclic amines) is 1. The second kappa shape index (κ2) is 8.80. The molecule has 1 aromatic carbocycles. The van der Waals surface area contributed by atoms with Crippen molar-refractivity contribution in [3.8, 4) is 5.75 Å². The highest BCUT2D eigenvalue weighted by Crippen LogP contribution is 2.36. The summed E-state index contributed by atoms with van der Waals surface area (Å²) in [6.45, 7) is 2.28. The van der Waals surface area contributed by atoms with E-state index in [1.54, 1.807) is 12.1 Å². The summed E-state index contributed by atoms with van der Waals surface area (Å²) in [4.78, 5) is 14.8. The fourth-order valence-electron chi connectivity index (χ4n) is 4.38. The summed E-state index contributed by atoms with van der Waals surface area (Å²) in [6.07, 6.45) is 6.42. The maximum absolute atomic E-state index is 12.5. The topological polar surface area (TPSA) is 79.0 Å². The molecule has 0 aromatic heterocycles. The zero-order chi connectivity index (χ0) is 20.3. The van der Waals surface area contributed by atoms with E-state index in [-0.39, 0.29) is 16.6 Å². The normalized spacial score (nSPS) is 23.3. The largest absolute Gasteiger partial charge is 0.495 e. The van der Waals surface area contributed by atoms with E-state index >= 15 is 0 Å². The Kier molecular flexibility index (Phi) is 6.62. The van der Waals surface area contributed by atoms with Gasteiger partial charge in [0, 0.05) is 26.3 Å². The minimum Gasteiger partial charge on any atom is -0.495 e. The van der Waals surface area contributed by atoms with E-state index in [4.69, 9.17) is 4.74 Å². The number of anilines is 1. The third-order valence-electron chi connectivity index (χ3n) is 5.95. The molecule has 1 saturated heterocycles. The average molecular weight is 410 g/mol. The third kappa shape index (κ3) is 4.67. The van der Waals surface area contributed by atoms with Crippen LogP contribution in [0.3, 0.4) is 0 Å². The van der Waals surface area contributed by atoms with E-state index in [9.17, 15) is 13.2 Å². The number of carbonyl (C=O) groups excluding carboxylic acids is 1. The van der Waals surface area contributed by atoms with Crippen LogP contribution in [0.2, 0.25) is 0 Å². The Bertz CT molecular complexity index is 810. The van der Waals surface area contributed by atoms with Crippen molar-refractivity contribution < 1.29 is 17.9 Å². The molecular formula is C20H31N3O4S. The minimum absolute atomic E-state index is 0.0424. The fraction of sp³-hybridized carbons (Fsp3) is 0.650. The summed E-state index contributed by atoms with van der Waals surface area (Å²) in [6, 6.07) is 4.69. The van der Waals surface area contributed by atoms with Crippen LogP contribution < -0.4 is 10.1 Å². The van der Waals surface area contributed by atoms with E-state index in [1.165, 1.54) is 59.4 Å². The molecule has 1 heterocycles. The lowest BCUT2D eigenvalue weighted by molar-refractivity contribution is -0.118. The molecule has 1 aliphatic carbocycles. The van der Waals surface area contributed by atoms with Crippen molar-refractivity contribution in [3.63, 3.8) is 0 Å². The summed E-state index contributed by atoms with van der Waals surface area (Å²) >= 11 is 0. The number of amides is 1. The van der Waals surface area contributed by atoms with Gasteiger partial charge in [-0.05, 0) is 49.4 Å². The van der Waals surface area contributed by atoms with Gasteiger partial charge in [0.2, 0.25) is 15.9 Å². The van der Waals surface area contributed by atoms with Gasteiger partial charge >= 0.3 is 0 Å². The zero-order valence-corrected chi connectivity index (χ0v) is 17.8. The van der Waals surface area contributed by atoms with E-state index in [0.717, 1.165) is 23.3 Å². The van der Waals surface area contributed by atoms with Crippen LogP contribution in [0.1, 0.15) is 32.1 Å². The molecule has 3 rings (SSSR count). The second-order valence-corrected chi connectivity index (χ2v) is 10.1. The number of nitrogens with zero attached hydrogens (tertiary/aromatic N) is 2. The number of rotatable bonds is 6. The molecule has 28 heavy (non-hydrogen) atoms. The maximum Gasteiger partial charge on any atom is 0.246 e. The SMILES string of the molecule is COc1ccc(NC(=O)CN2CC[C@@H]3CCCC[C@@H]3C2)cc1S(=O)(=O)N(C)C. The predicted molar refractivity (Wildman–Crippen MR) is 109 cm³/mol. The first-order valence-electron chi connectivity index (χ1n) is 9.94. The van der Waals surface area contributed by atoms with Gasteiger partial charge in [-0.25, -0.2) is 12.7 Å². The number of piperidine rings is 1. The molecule has 2 fully saturated rings. The van der Waals surface area contributed by atoms with Crippen molar-refractivity contribution in [2.24, 2.45) is 11.8 Å². The van der Waals surface area contributed by atoms with Crippen molar-refractivity contribution in [2.75, 3.05) is 46.2 Å². The van der Waals surface area contributed by atoms with Crippen molar-refractivity contribution >= 4 is 21.6 Å². The Morgan fingerprint density at radius 3 is 2.61 bits per heavy atom. The summed E-state index contributed by atoms with van der Waals surface area (Å²) < 4.78 is 31.4. The number of nitrogens with one attached hydrogen (secondary N) is 1. The van der Waals surface area contributed by atoms with E-state index in [0.29, 0.717) is 18.2 Å². The Morgan fingerprint density at radius 2 is 1.93 bits per heavy atom. The van der Waals surface area contributed by atoms with Gasteiger partial charge in [0.1, 0.15) is 10.6 Å². The molecule has 156 valence electrons. The lowest BCUT2D eigenvalue weighted by atomic mass is 9.75. The molecule has 1 saturated carbocycles. The van der Waals surface area contributed by atoms with Gasteiger partial charge in [0.15, 0.2) is 0 Å². The fourth-order valence-corrected chi connectivity index (χ4v) is 5.45. The summed E-state index contributed by atoms with van der Waals surface area (Å²) in [5.74, 6) is 1.68. The Labute approximate surface area is 168 Å². The van der Waals surface area contributed by atoms with Crippen LogP contribution >= 0.6 is 0 Å². The van der Waals surface area contributed by atoms with Crippen LogP contribution in [0.25, 0.3) is 0 Å². The van der Waals surface area contributed by atoms with Crippen LogP contribution in [0.15, 0.2) is 23.1 Å². The van der Waals surface area contributed by atoms with Crippen molar-refractivity contribution in [1.82, 2.24) is 9.21 Å². The number of hydrogen-bond acceptors (Lipinski definition) is 5. The van der Waals surface area contributed by atoms with Gasteiger partial charge in [0.25, 0.3) is 0 Å². The Morgan fingerprint density at radius 1 is 1.21 bits per heavy atom. The van der Waals surface area contributed by atoms with Crippen LogP contribution in [-0.4, -0.2) is 64.4 Å². The molecule has 8 heteroatoms. The van der Waals surface area contributed by atoms with Gasteiger partial charge in [-0.15, -0.1) is 0 Å². The third-order valence-corrected chi connectivity index (χ3v) is 7.78. The van der Waals surface area contributed by atoms with Crippen LogP contribution in [0, 0.1) is 11.8 Å². The van der Waals surface area contributed by atoms with E-state index in [2.05, 4.69) is 10.2 Å². The van der Waals surface area contributed by atoms with Gasteiger partial charge in [0.05, 0.1) is 13.7 Å². The average Bonchev–Trinajstić information content (AvgIpc) is 2.67. The molecule has 0 unspecified atom stereocenters. The lowest BCUT2D eigenvalue weighted by Crippen LogP contribution is -2.44. The number of methoxy groups -OCH3 is 1. The molecule has 1 aliphatic heterocycles. The first kappa shape index (κ1) is 21.1. The molecule has 0 spiro atoms. The molecule has 0 radical (unpaired) electrons. The van der Waals surface area contributed by atoms with Gasteiger partial charge in [-0.3, -0.25) is 9.69 Å². The van der Waals surface area contributed by atoms with Gasteiger partial charge < -0.3 is 10.1 Å². The summed E-state index contributed by atoms with van der Waals surface area (Å²) in [5, 5.41) is 2.84. The highest BCUT2D eigenvalue weighted by molar-refractivity contribution is 7.89. The predicted octanol–water partition coefficient (Wildman–Crippen LogP) is 2.40. The standard InChI is InChI=1S/C20H31N3O4S/c1-22(2)28(25,26)19-12-17(8-9-18(19)27-3)21-20(24)14-23-11-10-15-6-4-5-7-16(15)13-23/h8-9,12,15-16H,4-7,10-11,13-14H2,1-3H3,(H,21,24)/t15-,16+/m0/s1. The van der Waals surface area contributed by atoms with E-state index < -0.39 is 10.0 Å². The van der Waals surface area contributed by atoms with Crippen molar-refractivity contribution in [2.45, 2.75) is 37.0 Å². The van der Waals surface area contributed by atoms with Crippen molar-refractivity contribution in [1.29, 1.82) is 0 Å². The quantitative estimate of drug-likeness (QED) is 0.781. The Balaban J connectivity index is 1.65. The highest BCUT2D eigenvalue weighted by atomic mass is 32.2. The number of fused-ring (bicyclic) bond motifs is 1. The highest BCUT2D eigenvalue weighted by Gasteiger charge is 2.31. The number of benzene rings is 1. The minimum atomic E-state index is -3.67. The van der Waals surface area contributed by atoms with Gasteiger partial charge in [-0.2, -0.15) is 0 Å². The van der Waals surface area contributed by atoms with E-state index in [1.807, 2.05) is 0 Å². The number of sulfonamides is 1. The van der Waals surface area contributed by atoms with Crippen LogP contribution in [0.5, 0.6) is 5.75 Å². The smallest absolute Gasteiger partial charge is 0.246 e. The lowest BCUT2D eigenvalue weighted by Gasteiger charge is -2.41. The second-order valence-electron chi connectivity index (χ2n) is 8.03. The van der Waals surface area contributed by atoms with Crippen LogP contribution in [-0.2, 0) is 14.8 Å². The molecule has 7 nitrogen and oxygen atoms in total. The molecular weight excluding hydrogens is 378 g/mol. The van der Waals surface area contributed by atoms with Crippen LogP contribution in [0.4, 0.5) is 5.69 Å².